The molecule has 1 saturated heterocycles. The van der Waals surface area contributed by atoms with Gasteiger partial charge in [0.2, 0.25) is 0 Å². The van der Waals surface area contributed by atoms with Gasteiger partial charge in [-0.2, -0.15) is 0 Å². The van der Waals surface area contributed by atoms with Crippen LogP contribution in [0.2, 0.25) is 10.0 Å². The topological polar surface area (TPSA) is 12.5 Å². The normalized spacial score (nSPS) is 20.3. The van der Waals surface area contributed by atoms with Crippen molar-refractivity contribution in [1.29, 1.82) is 0 Å². The SMILES string of the molecule is Clc1cc(Cl)cc(CCC2CO2)c1. The Bertz CT molecular complexity index is 288. The molecular formula is C10H10Cl2O. The molecule has 0 bridgehead atoms. The van der Waals surface area contributed by atoms with Crippen LogP contribution in [0.3, 0.4) is 0 Å². The number of benzene rings is 1. The lowest BCUT2D eigenvalue weighted by atomic mass is 10.1. The van der Waals surface area contributed by atoms with Crippen LogP contribution in [0.5, 0.6) is 0 Å². The molecule has 1 unspecified atom stereocenters. The maximum Gasteiger partial charge on any atom is 0.0813 e. The minimum Gasteiger partial charge on any atom is -0.373 e. The molecule has 13 heavy (non-hydrogen) atoms. The molecule has 0 radical (unpaired) electrons. The van der Waals surface area contributed by atoms with Gasteiger partial charge >= 0.3 is 0 Å². The maximum atomic E-state index is 5.87. The van der Waals surface area contributed by atoms with E-state index in [1.54, 1.807) is 6.07 Å². The first-order valence-corrected chi connectivity index (χ1v) is 5.06. The second-order valence-electron chi connectivity index (χ2n) is 3.27. The van der Waals surface area contributed by atoms with Crippen LogP contribution in [0.25, 0.3) is 0 Å². The molecule has 0 N–H and O–H groups in total. The van der Waals surface area contributed by atoms with Crippen molar-refractivity contribution in [2.45, 2.75) is 18.9 Å². The van der Waals surface area contributed by atoms with Gasteiger partial charge in [0.05, 0.1) is 12.7 Å². The maximum absolute atomic E-state index is 5.87. The zero-order chi connectivity index (χ0) is 9.26. The van der Waals surface area contributed by atoms with Crippen LogP contribution in [0.15, 0.2) is 18.2 Å². The molecule has 0 amide bonds. The van der Waals surface area contributed by atoms with E-state index in [0.29, 0.717) is 16.1 Å². The van der Waals surface area contributed by atoms with E-state index in [1.807, 2.05) is 12.1 Å². The Labute approximate surface area is 87.6 Å². The number of hydrogen-bond donors (Lipinski definition) is 0. The molecule has 0 aliphatic carbocycles. The Morgan fingerprint density at radius 2 is 1.85 bits per heavy atom. The lowest BCUT2D eigenvalue weighted by Crippen LogP contribution is -1.91. The van der Waals surface area contributed by atoms with Crippen molar-refractivity contribution in [2.75, 3.05) is 6.61 Å². The first kappa shape index (κ1) is 9.32. The number of epoxide rings is 1. The molecule has 3 heteroatoms. The predicted octanol–water partition coefficient (Wildman–Crippen LogP) is 3.32. The van der Waals surface area contributed by atoms with Crippen molar-refractivity contribution in [3.05, 3.63) is 33.8 Å². The van der Waals surface area contributed by atoms with Gasteiger partial charge in [0.1, 0.15) is 0 Å². The van der Waals surface area contributed by atoms with Gasteiger partial charge in [0, 0.05) is 10.0 Å². The zero-order valence-electron chi connectivity index (χ0n) is 7.09. The van der Waals surface area contributed by atoms with Gasteiger partial charge in [-0.1, -0.05) is 23.2 Å². The largest absolute Gasteiger partial charge is 0.373 e. The van der Waals surface area contributed by atoms with E-state index in [-0.39, 0.29) is 0 Å². The third kappa shape index (κ3) is 2.87. The summed E-state index contributed by atoms with van der Waals surface area (Å²) in [4.78, 5) is 0. The highest BCUT2D eigenvalue weighted by Gasteiger charge is 2.21. The summed E-state index contributed by atoms with van der Waals surface area (Å²) in [5.41, 5.74) is 1.19. The number of hydrogen-bond acceptors (Lipinski definition) is 1. The Kier molecular flexibility index (Phi) is 2.77. The quantitative estimate of drug-likeness (QED) is 0.707. The van der Waals surface area contributed by atoms with Crippen molar-refractivity contribution < 1.29 is 4.74 Å². The third-order valence-corrected chi connectivity index (χ3v) is 2.52. The smallest absolute Gasteiger partial charge is 0.0813 e. The summed E-state index contributed by atoms with van der Waals surface area (Å²) in [5, 5.41) is 1.42. The fraction of sp³-hybridized carbons (Fsp3) is 0.400. The van der Waals surface area contributed by atoms with Crippen LogP contribution >= 0.6 is 23.2 Å². The highest BCUT2D eigenvalue weighted by molar-refractivity contribution is 6.34. The van der Waals surface area contributed by atoms with Crippen LogP contribution in [-0.4, -0.2) is 12.7 Å². The number of aryl methyl sites for hydroxylation is 1. The molecule has 1 atom stereocenters. The van der Waals surface area contributed by atoms with Crippen molar-refractivity contribution in [3.8, 4) is 0 Å². The number of halogens is 2. The van der Waals surface area contributed by atoms with Gasteiger partial charge < -0.3 is 4.74 Å². The Balaban J connectivity index is 2.01. The molecule has 1 aromatic rings. The Morgan fingerprint density at radius 3 is 2.38 bits per heavy atom. The molecule has 70 valence electrons. The lowest BCUT2D eigenvalue weighted by molar-refractivity contribution is 0.397. The average molecular weight is 217 g/mol. The van der Waals surface area contributed by atoms with E-state index >= 15 is 0 Å². The second-order valence-corrected chi connectivity index (χ2v) is 4.14. The molecule has 0 saturated carbocycles. The molecule has 0 aromatic heterocycles. The van der Waals surface area contributed by atoms with E-state index in [0.717, 1.165) is 19.4 Å². The molecule has 1 aromatic carbocycles. The standard InChI is InChI=1S/C10H10Cl2O/c11-8-3-7(4-9(12)5-8)1-2-10-6-13-10/h3-5,10H,1-2,6H2. The minimum atomic E-state index is 0.470. The fourth-order valence-corrected chi connectivity index (χ4v) is 1.89. The predicted molar refractivity (Wildman–Crippen MR) is 54.5 cm³/mol. The second kappa shape index (κ2) is 3.87. The van der Waals surface area contributed by atoms with Crippen molar-refractivity contribution in [1.82, 2.24) is 0 Å². The van der Waals surface area contributed by atoms with Crippen LogP contribution in [0, 0.1) is 0 Å². The summed E-state index contributed by atoms with van der Waals surface area (Å²) < 4.78 is 5.12. The highest BCUT2D eigenvalue weighted by Crippen LogP contribution is 2.22. The first-order valence-electron chi connectivity index (χ1n) is 4.30. The monoisotopic (exact) mass is 216 g/mol. The molecule has 1 aliphatic heterocycles. The summed E-state index contributed by atoms with van der Waals surface area (Å²) in [6.07, 6.45) is 2.53. The van der Waals surface area contributed by atoms with Crippen molar-refractivity contribution in [2.24, 2.45) is 0 Å². The lowest BCUT2D eigenvalue weighted by Gasteiger charge is -2.01. The molecule has 1 fully saturated rings. The van der Waals surface area contributed by atoms with Crippen LogP contribution in [0.4, 0.5) is 0 Å². The first-order chi connectivity index (χ1) is 6.24. The van der Waals surface area contributed by atoms with E-state index in [4.69, 9.17) is 27.9 Å². The molecule has 1 nitrogen and oxygen atoms in total. The van der Waals surface area contributed by atoms with Crippen LogP contribution < -0.4 is 0 Å². The van der Waals surface area contributed by atoms with E-state index < -0.39 is 0 Å². The van der Waals surface area contributed by atoms with E-state index in [9.17, 15) is 0 Å². The van der Waals surface area contributed by atoms with Crippen LogP contribution in [0.1, 0.15) is 12.0 Å². The summed E-state index contributed by atoms with van der Waals surface area (Å²) in [6, 6.07) is 5.66. The number of rotatable bonds is 3. The van der Waals surface area contributed by atoms with Crippen LogP contribution in [-0.2, 0) is 11.2 Å². The summed E-state index contributed by atoms with van der Waals surface area (Å²) in [7, 11) is 0. The molecule has 1 aliphatic rings. The van der Waals surface area contributed by atoms with E-state index in [1.165, 1.54) is 5.56 Å². The Morgan fingerprint density at radius 1 is 1.23 bits per heavy atom. The van der Waals surface area contributed by atoms with Gasteiger partial charge in [-0.3, -0.25) is 0 Å². The molecule has 0 spiro atoms. The summed E-state index contributed by atoms with van der Waals surface area (Å²) in [6.45, 7) is 0.911. The van der Waals surface area contributed by atoms with Crippen molar-refractivity contribution in [3.63, 3.8) is 0 Å². The van der Waals surface area contributed by atoms with Gasteiger partial charge in [-0.15, -0.1) is 0 Å². The fourth-order valence-electron chi connectivity index (χ4n) is 1.32. The Hall–Kier alpha value is -0.240. The number of ether oxygens (including phenoxy) is 1. The minimum absolute atomic E-state index is 0.470. The van der Waals surface area contributed by atoms with Gasteiger partial charge in [-0.25, -0.2) is 0 Å². The van der Waals surface area contributed by atoms with E-state index in [2.05, 4.69) is 0 Å². The average Bonchev–Trinajstić information content (AvgIpc) is 2.81. The molecular weight excluding hydrogens is 207 g/mol. The molecule has 2 rings (SSSR count). The summed E-state index contributed by atoms with van der Waals surface area (Å²) >= 11 is 11.7. The van der Waals surface area contributed by atoms with Gasteiger partial charge in [0.15, 0.2) is 0 Å². The molecule has 1 heterocycles. The third-order valence-electron chi connectivity index (χ3n) is 2.08. The van der Waals surface area contributed by atoms with Gasteiger partial charge in [0.25, 0.3) is 0 Å². The van der Waals surface area contributed by atoms with Gasteiger partial charge in [-0.05, 0) is 36.6 Å². The highest BCUT2D eigenvalue weighted by atomic mass is 35.5. The van der Waals surface area contributed by atoms with Crippen molar-refractivity contribution >= 4 is 23.2 Å². The summed E-state index contributed by atoms with van der Waals surface area (Å²) in [5.74, 6) is 0. The zero-order valence-corrected chi connectivity index (χ0v) is 8.61.